The molecule has 1 aliphatic heterocycles. The lowest BCUT2D eigenvalue weighted by Gasteiger charge is -2.21. The SMILES string of the molecule is COC(=O)C(CC(=O)c1ccc(F)cc1F)C1CNc2cccc(Br)c21. The zero-order valence-corrected chi connectivity index (χ0v) is 15.5. The van der Waals surface area contributed by atoms with Crippen LogP contribution in [0.1, 0.15) is 28.3 Å². The summed E-state index contributed by atoms with van der Waals surface area (Å²) in [7, 11) is 1.25. The molecule has 2 atom stereocenters. The third-order valence-electron chi connectivity index (χ3n) is 4.56. The van der Waals surface area contributed by atoms with Gasteiger partial charge in [-0.3, -0.25) is 9.59 Å². The number of ketones is 1. The molecule has 0 bridgehead atoms. The first kappa shape index (κ1) is 18.5. The van der Waals surface area contributed by atoms with E-state index in [4.69, 9.17) is 4.74 Å². The summed E-state index contributed by atoms with van der Waals surface area (Å²) in [6.07, 6.45) is -0.234. The molecular weight excluding hydrogens is 408 g/mol. The van der Waals surface area contributed by atoms with Crippen LogP contribution in [-0.2, 0) is 9.53 Å². The minimum atomic E-state index is -0.940. The van der Waals surface area contributed by atoms with E-state index in [0.29, 0.717) is 12.6 Å². The fraction of sp³-hybridized carbons (Fsp3) is 0.263. The summed E-state index contributed by atoms with van der Waals surface area (Å²) < 4.78 is 32.7. The van der Waals surface area contributed by atoms with E-state index < -0.39 is 29.3 Å². The molecule has 0 radical (unpaired) electrons. The Morgan fingerprint density at radius 2 is 2.08 bits per heavy atom. The number of rotatable bonds is 5. The Morgan fingerprint density at radius 1 is 1.31 bits per heavy atom. The molecule has 0 aromatic heterocycles. The fourth-order valence-corrected chi connectivity index (χ4v) is 3.96. The van der Waals surface area contributed by atoms with Crippen molar-refractivity contribution in [2.75, 3.05) is 19.0 Å². The molecule has 0 saturated carbocycles. The van der Waals surface area contributed by atoms with E-state index in [-0.39, 0.29) is 17.9 Å². The standard InChI is InChI=1S/C19H16BrF2NO3/c1-26-19(25)12(8-17(24)11-6-5-10(21)7-15(11)22)13-9-23-16-4-2-3-14(20)18(13)16/h2-7,12-13,23H,8-9H2,1H3. The summed E-state index contributed by atoms with van der Waals surface area (Å²) in [4.78, 5) is 24.9. The third-order valence-corrected chi connectivity index (χ3v) is 5.25. The van der Waals surface area contributed by atoms with Crippen molar-refractivity contribution in [1.82, 2.24) is 0 Å². The molecule has 0 saturated heterocycles. The zero-order chi connectivity index (χ0) is 18.8. The number of carbonyl (C=O) groups excluding carboxylic acids is 2. The topological polar surface area (TPSA) is 55.4 Å². The number of anilines is 1. The number of halogens is 3. The molecule has 3 rings (SSSR count). The molecule has 1 aliphatic rings. The molecule has 7 heteroatoms. The van der Waals surface area contributed by atoms with E-state index in [9.17, 15) is 18.4 Å². The Morgan fingerprint density at radius 3 is 2.77 bits per heavy atom. The normalized spacial score (nSPS) is 16.5. The lowest BCUT2D eigenvalue weighted by molar-refractivity contribution is -0.146. The van der Waals surface area contributed by atoms with Crippen molar-refractivity contribution in [3.63, 3.8) is 0 Å². The van der Waals surface area contributed by atoms with E-state index >= 15 is 0 Å². The largest absolute Gasteiger partial charge is 0.469 e. The summed E-state index contributed by atoms with van der Waals surface area (Å²) in [5.41, 5.74) is 1.52. The molecule has 0 spiro atoms. The second-order valence-electron chi connectivity index (χ2n) is 6.07. The minimum Gasteiger partial charge on any atom is -0.469 e. The minimum absolute atomic E-state index is 0.234. The quantitative estimate of drug-likeness (QED) is 0.575. The Balaban J connectivity index is 1.91. The van der Waals surface area contributed by atoms with Gasteiger partial charge in [0, 0.05) is 35.1 Å². The Hall–Kier alpha value is -2.28. The number of carbonyl (C=O) groups is 2. The Labute approximate surface area is 157 Å². The molecule has 1 heterocycles. The molecule has 0 aliphatic carbocycles. The zero-order valence-electron chi connectivity index (χ0n) is 13.9. The van der Waals surface area contributed by atoms with Gasteiger partial charge in [0.05, 0.1) is 18.6 Å². The van der Waals surface area contributed by atoms with Gasteiger partial charge in [0.1, 0.15) is 11.6 Å². The molecule has 136 valence electrons. The first-order valence-corrected chi connectivity index (χ1v) is 8.80. The smallest absolute Gasteiger partial charge is 0.309 e. The predicted molar refractivity (Wildman–Crippen MR) is 96.2 cm³/mol. The summed E-state index contributed by atoms with van der Waals surface area (Å²) in [5, 5.41) is 3.21. The van der Waals surface area contributed by atoms with Gasteiger partial charge in [-0.1, -0.05) is 22.0 Å². The number of ether oxygens (including phenoxy) is 1. The van der Waals surface area contributed by atoms with Gasteiger partial charge in [-0.05, 0) is 29.8 Å². The number of hydrogen-bond acceptors (Lipinski definition) is 4. The first-order valence-electron chi connectivity index (χ1n) is 8.00. The number of Topliss-reactive ketones (excluding diaryl/α,β-unsaturated/α-hetero) is 1. The van der Waals surface area contributed by atoms with Gasteiger partial charge in [0.15, 0.2) is 5.78 Å². The molecule has 2 aromatic carbocycles. The van der Waals surface area contributed by atoms with Crippen LogP contribution < -0.4 is 5.32 Å². The summed E-state index contributed by atoms with van der Waals surface area (Å²) in [5.74, 6) is -3.91. The van der Waals surface area contributed by atoms with Crippen LogP contribution in [0.4, 0.5) is 14.5 Å². The van der Waals surface area contributed by atoms with E-state index in [1.165, 1.54) is 7.11 Å². The van der Waals surface area contributed by atoms with E-state index in [1.807, 2.05) is 18.2 Å². The second kappa shape index (κ2) is 7.53. The van der Waals surface area contributed by atoms with Crippen molar-refractivity contribution in [3.8, 4) is 0 Å². The van der Waals surface area contributed by atoms with E-state index in [0.717, 1.165) is 27.9 Å². The van der Waals surface area contributed by atoms with Gasteiger partial charge >= 0.3 is 5.97 Å². The lowest BCUT2D eigenvalue weighted by atomic mass is 9.83. The van der Waals surface area contributed by atoms with Crippen molar-refractivity contribution < 1.29 is 23.1 Å². The van der Waals surface area contributed by atoms with Crippen LogP contribution in [0.5, 0.6) is 0 Å². The van der Waals surface area contributed by atoms with Crippen LogP contribution in [-0.4, -0.2) is 25.4 Å². The van der Waals surface area contributed by atoms with Gasteiger partial charge < -0.3 is 10.1 Å². The summed E-state index contributed by atoms with van der Waals surface area (Å²) >= 11 is 3.48. The van der Waals surface area contributed by atoms with Crippen LogP contribution in [0.3, 0.4) is 0 Å². The van der Waals surface area contributed by atoms with Crippen LogP contribution in [0.25, 0.3) is 0 Å². The second-order valence-corrected chi connectivity index (χ2v) is 6.92. The number of methoxy groups -OCH3 is 1. The van der Waals surface area contributed by atoms with Crippen molar-refractivity contribution in [3.05, 3.63) is 63.6 Å². The fourth-order valence-electron chi connectivity index (χ4n) is 3.30. The van der Waals surface area contributed by atoms with Crippen LogP contribution in [0.15, 0.2) is 40.9 Å². The third kappa shape index (κ3) is 3.49. The number of esters is 1. The summed E-state index contributed by atoms with van der Waals surface area (Å²) in [6, 6.07) is 8.38. The maximum Gasteiger partial charge on any atom is 0.309 e. The van der Waals surface area contributed by atoms with E-state index in [1.54, 1.807) is 0 Å². The maximum absolute atomic E-state index is 13.9. The molecule has 4 nitrogen and oxygen atoms in total. The molecule has 1 N–H and O–H groups in total. The highest BCUT2D eigenvalue weighted by Gasteiger charge is 2.38. The van der Waals surface area contributed by atoms with Crippen LogP contribution in [0.2, 0.25) is 0 Å². The van der Waals surface area contributed by atoms with Gasteiger partial charge in [-0.2, -0.15) is 0 Å². The van der Waals surface area contributed by atoms with Gasteiger partial charge in [0.2, 0.25) is 0 Å². The number of nitrogens with one attached hydrogen (secondary N) is 1. The monoisotopic (exact) mass is 423 g/mol. The van der Waals surface area contributed by atoms with E-state index in [2.05, 4.69) is 21.2 Å². The highest BCUT2D eigenvalue weighted by molar-refractivity contribution is 9.10. The van der Waals surface area contributed by atoms with Crippen molar-refractivity contribution >= 4 is 33.4 Å². The van der Waals surface area contributed by atoms with Crippen LogP contribution in [0, 0.1) is 17.6 Å². The molecule has 2 unspecified atom stereocenters. The molecule has 0 amide bonds. The van der Waals surface area contributed by atoms with Gasteiger partial charge in [-0.15, -0.1) is 0 Å². The Kier molecular flexibility index (Phi) is 5.36. The van der Waals surface area contributed by atoms with Gasteiger partial charge in [-0.25, -0.2) is 8.78 Å². The van der Waals surface area contributed by atoms with Crippen molar-refractivity contribution in [1.29, 1.82) is 0 Å². The lowest BCUT2D eigenvalue weighted by Crippen LogP contribution is -2.28. The Bertz CT molecular complexity index is 872. The highest BCUT2D eigenvalue weighted by Crippen LogP contribution is 2.42. The average molecular weight is 424 g/mol. The molecule has 0 fully saturated rings. The average Bonchev–Trinajstić information content (AvgIpc) is 3.04. The summed E-state index contributed by atoms with van der Waals surface area (Å²) in [6.45, 7) is 0.455. The molecule has 26 heavy (non-hydrogen) atoms. The van der Waals surface area contributed by atoms with Crippen molar-refractivity contribution in [2.24, 2.45) is 5.92 Å². The van der Waals surface area contributed by atoms with Gasteiger partial charge in [0.25, 0.3) is 0 Å². The molecular formula is C19H16BrF2NO3. The highest BCUT2D eigenvalue weighted by atomic mass is 79.9. The number of fused-ring (bicyclic) bond motifs is 1. The predicted octanol–water partition coefficient (Wildman–Crippen LogP) is 4.30. The van der Waals surface area contributed by atoms with Crippen LogP contribution >= 0.6 is 15.9 Å². The molecule has 2 aromatic rings. The number of benzene rings is 2. The first-order chi connectivity index (χ1) is 12.4. The maximum atomic E-state index is 13.9. The number of hydrogen-bond donors (Lipinski definition) is 1. The van der Waals surface area contributed by atoms with Crippen molar-refractivity contribution in [2.45, 2.75) is 12.3 Å².